The molecule has 5 nitrogen and oxygen atoms in total. The van der Waals surface area contributed by atoms with Gasteiger partial charge in [-0.1, -0.05) is 6.92 Å². The predicted molar refractivity (Wildman–Crippen MR) is 70.0 cm³/mol. The van der Waals surface area contributed by atoms with Gasteiger partial charge in [-0.05, 0) is 25.3 Å². The molecule has 0 aliphatic carbocycles. The molecule has 0 radical (unpaired) electrons. The highest BCUT2D eigenvalue weighted by Crippen LogP contribution is 2.25. The summed E-state index contributed by atoms with van der Waals surface area (Å²) in [5.41, 5.74) is 0.421. The summed E-state index contributed by atoms with van der Waals surface area (Å²) in [6.45, 7) is 2.80. The smallest absolute Gasteiger partial charge is 0.254 e. The van der Waals surface area contributed by atoms with E-state index < -0.39 is 10.0 Å². The number of sulfonamides is 1. The molecule has 1 aromatic rings. The van der Waals surface area contributed by atoms with E-state index in [4.69, 9.17) is 5.14 Å². The fourth-order valence-electron chi connectivity index (χ4n) is 2.27. The summed E-state index contributed by atoms with van der Waals surface area (Å²) in [7, 11) is -3.71. The van der Waals surface area contributed by atoms with Crippen LogP contribution >= 0.6 is 11.3 Å². The number of primary sulfonamides is 1. The Hall–Kier alpha value is -0.920. The van der Waals surface area contributed by atoms with Crippen LogP contribution in [0.5, 0.6) is 0 Å². The molecule has 2 N–H and O–H groups in total. The fourth-order valence-corrected chi connectivity index (χ4v) is 3.85. The monoisotopic (exact) mass is 288 g/mol. The topological polar surface area (TPSA) is 80.5 Å². The van der Waals surface area contributed by atoms with Crippen LogP contribution in [-0.2, 0) is 10.0 Å². The summed E-state index contributed by atoms with van der Waals surface area (Å²) < 4.78 is 22.4. The first-order chi connectivity index (χ1) is 8.43. The standard InChI is InChI=1S/C11H16N2O3S2/c1-2-9-4-3-5-13(9)11(14)8-6-10(17-7-8)18(12,15)16/h6-7,9H,2-5H2,1H3,(H2,12,15,16). The van der Waals surface area contributed by atoms with Crippen LogP contribution in [0.25, 0.3) is 0 Å². The first-order valence-electron chi connectivity index (χ1n) is 5.85. The van der Waals surface area contributed by atoms with Crippen molar-refractivity contribution in [2.45, 2.75) is 36.4 Å². The van der Waals surface area contributed by atoms with Crippen molar-refractivity contribution in [3.63, 3.8) is 0 Å². The summed E-state index contributed by atoms with van der Waals surface area (Å²) in [5, 5.41) is 6.60. The molecule has 0 aromatic carbocycles. The van der Waals surface area contributed by atoms with E-state index in [0.29, 0.717) is 5.56 Å². The van der Waals surface area contributed by atoms with Crippen molar-refractivity contribution in [1.82, 2.24) is 4.90 Å². The number of nitrogens with two attached hydrogens (primary N) is 1. The number of likely N-dealkylation sites (tertiary alicyclic amines) is 1. The molecule has 1 aliphatic rings. The number of rotatable bonds is 3. The highest BCUT2D eigenvalue weighted by molar-refractivity contribution is 7.91. The maximum atomic E-state index is 12.3. The Morgan fingerprint density at radius 1 is 1.61 bits per heavy atom. The van der Waals surface area contributed by atoms with Crippen molar-refractivity contribution in [3.05, 3.63) is 17.0 Å². The second-order valence-corrected chi connectivity index (χ2v) is 7.10. The van der Waals surface area contributed by atoms with Gasteiger partial charge in [-0.25, -0.2) is 13.6 Å². The van der Waals surface area contributed by atoms with Gasteiger partial charge in [0, 0.05) is 18.0 Å². The molecule has 0 bridgehead atoms. The molecule has 1 atom stereocenters. The number of hydrogen-bond donors (Lipinski definition) is 1. The van der Waals surface area contributed by atoms with Crippen LogP contribution in [0.2, 0.25) is 0 Å². The van der Waals surface area contributed by atoms with Gasteiger partial charge in [-0.15, -0.1) is 11.3 Å². The van der Waals surface area contributed by atoms with E-state index in [-0.39, 0.29) is 16.2 Å². The first kappa shape index (κ1) is 13.5. The van der Waals surface area contributed by atoms with Gasteiger partial charge in [0.25, 0.3) is 5.91 Å². The highest BCUT2D eigenvalue weighted by atomic mass is 32.2. The number of hydrogen-bond acceptors (Lipinski definition) is 4. The average molecular weight is 288 g/mol. The minimum absolute atomic E-state index is 0.0399. The molecule has 1 aromatic heterocycles. The van der Waals surface area contributed by atoms with Crippen molar-refractivity contribution < 1.29 is 13.2 Å². The molecule has 1 amide bonds. The van der Waals surface area contributed by atoms with E-state index >= 15 is 0 Å². The van der Waals surface area contributed by atoms with E-state index in [1.54, 1.807) is 5.38 Å². The summed E-state index contributed by atoms with van der Waals surface area (Å²) in [5.74, 6) is -0.0921. The zero-order chi connectivity index (χ0) is 13.3. The van der Waals surface area contributed by atoms with E-state index in [1.807, 2.05) is 4.90 Å². The summed E-state index contributed by atoms with van der Waals surface area (Å²) in [6, 6.07) is 1.64. The van der Waals surface area contributed by atoms with Crippen molar-refractivity contribution in [2.24, 2.45) is 5.14 Å². The lowest BCUT2D eigenvalue weighted by Gasteiger charge is -2.23. The van der Waals surface area contributed by atoms with Crippen LogP contribution in [0.1, 0.15) is 36.5 Å². The van der Waals surface area contributed by atoms with Gasteiger partial charge in [0.05, 0.1) is 5.56 Å². The fraction of sp³-hybridized carbons (Fsp3) is 0.545. The molecule has 1 fully saturated rings. The lowest BCUT2D eigenvalue weighted by molar-refractivity contribution is 0.0734. The van der Waals surface area contributed by atoms with Crippen molar-refractivity contribution in [1.29, 1.82) is 0 Å². The average Bonchev–Trinajstić information content (AvgIpc) is 2.96. The van der Waals surface area contributed by atoms with Crippen molar-refractivity contribution in [2.75, 3.05) is 6.54 Å². The molecular weight excluding hydrogens is 272 g/mol. The van der Waals surface area contributed by atoms with Crippen LogP contribution in [0.4, 0.5) is 0 Å². The van der Waals surface area contributed by atoms with Crippen molar-refractivity contribution in [3.8, 4) is 0 Å². The summed E-state index contributed by atoms with van der Waals surface area (Å²) >= 11 is 0.992. The van der Waals surface area contributed by atoms with Crippen molar-refractivity contribution >= 4 is 27.3 Å². The molecule has 100 valence electrons. The van der Waals surface area contributed by atoms with E-state index in [0.717, 1.165) is 37.1 Å². The lowest BCUT2D eigenvalue weighted by atomic mass is 10.1. The SMILES string of the molecule is CCC1CCCN1C(=O)c1csc(S(N)(=O)=O)c1. The van der Waals surface area contributed by atoms with Crippen LogP contribution in [-0.4, -0.2) is 31.8 Å². The molecule has 0 spiro atoms. The maximum absolute atomic E-state index is 12.3. The zero-order valence-corrected chi connectivity index (χ0v) is 11.8. The van der Waals surface area contributed by atoms with Crippen LogP contribution in [0.3, 0.4) is 0 Å². The molecule has 1 aliphatic heterocycles. The lowest BCUT2D eigenvalue weighted by Crippen LogP contribution is -2.34. The largest absolute Gasteiger partial charge is 0.336 e. The number of carbonyl (C=O) groups excluding carboxylic acids is 1. The van der Waals surface area contributed by atoms with E-state index in [9.17, 15) is 13.2 Å². The zero-order valence-electron chi connectivity index (χ0n) is 10.1. The Morgan fingerprint density at radius 3 is 2.89 bits per heavy atom. The van der Waals surface area contributed by atoms with Gasteiger partial charge in [0.1, 0.15) is 4.21 Å². The van der Waals surface area contributed by atoms with Gasteiger partial charge in [0.2, 0.25) is 10.0 Å². The summed E-state index contributed by atoms with van der Waals surface area (Å²) in [6.07, 6.45) is 2.96. The second kappa shape index (κ2) is 4.99. The Kier molecular flexibility index (Phi) is 3.74. The molecule has 0 saturated carbocycles. The molecular formula is C11H16N2O3S2. The molecule has 7 heteroatoms. The third kappa shape index (κ3) is 2.57. The Bertz CT molecular complexity index is 550. The minimum Gasteiger partial charge on any atom is -0.336 e. The third-order valence-electron chi connectivity index (χ3n) is 3.21. The first-order valence-corrected chi connectivity index (χ1v) is 8.28. The van der Waals surface area contributed by atoms with Gasteiger partial charge in [0.15, 0.2) is 0 Å². The molecule has 2 rings (SSSR count). The molecule has 1 saturated heterocycles. The van der Waals surface area contributed by atoms with Crippen LogP contribution < -0.4 is 5.14 Å². The van der Waals surface area contributed by atoms with E-state index in [2.05, 4.69) is 6.92 Å². The summed E-state index contributed by atoms with van der Waals surface area (Å²) in [4.78, 5) is 14.1. The van der Waals surface area contributed by atoms with Gasteiger partial charge in [-0.2, -0.15) is 0 Å². The Morgan fingerprint density at radius 2 is 2.33 bits per heavy atom. The predicted octanol–water partition coefficient (Wildman–Crippen LogP) is 1.41. The number of nitrogens with zero attached hydrogens (tertiary/aromatic N) is 1. The van der Waals surface area contributed by atoms with Gasteiger partial charge in [-0.3, -0.25) is 4.79 Å². The van der Waals surface area contributed by atoms with E-state index in [1.165, 1.54) is 6.07 Å². The number of amides is 1. The molecule has 2 heterocycles. The van der Waals surface area contributed by atoms with Crippen LogP contribution in [0.15, 0.2) is 15.7 Å². The quantitative estimate of drug-likeness (QED) is 0.913. The minimum atomic E-state index is -3.71. The normalized spacial score (nSPS) is 20.3. The van der Waals surface area contributed by atoms with Gasteiger partial charge >= 0.3 is 0 Å². The number of thiophene rings is 1. The second-order valence-electron chi connectivity index (χ2n) is 4.40. The van der Waals surface area contributed by atoms with Gasteiger partial charge < -0.3 is 4.90 Å². The molecule has 18 heavy (non-hydrogen) atoms. The Balaban J connectivity index is 2.22. The Labute approximate surface area is 111 Å². The third-order valence-corrected chi connectivity index (χ3v) is 5.60. The highest BCUT2D eigenvalue weighted by Gasteiger charge is 2.29. The number of carbonyl (C=O) groups is 1. The maximum Gasteiger partial charge on any atom is 0.254 e. The molecule has 1 unspecified atom stereocenters. The van der Waals surface area contributed by atoms with Crippen LogP contribution in [0, 0.1) is 0 Å².